The van der Waals surface area contributed by atoms with Crippen LogP contribution in [0.2, 0.25) is 0 Å². The average molecular weight is 247 g/mol. The third kappa shape index (κ3) is 3.72. The minimum Gasteiger partial charge on any atom is -0.398 e. The largest absolute Gasteiger partial charge is 0.398 e. The van der Waals surface area contributed by atoms with Crippen molar-refractivity contribution >= 4 is 5.69 Å². The minimum atomic E-state index is 0.844. The number of likely N-dealkylation sites (tertiary alicyclic amines) is 1. The van der Waals surface area contributed by atoms with Crippen molar-refractivity contribution in [1.29, 1.82) is 0 Å². The summed E-state index contributed by atoms with van der Waals surface area (Å²) in [5.74, 6) is 0.844. The molecule has 0 radical (unpaired) electrons. The molecule has 2 rings (SSSR count). The van der Waals surface area contributed by atoms with E-state index in [1.165, 1.54) is 38.0 Å². The van der Waals surface area contributed by atoms with Crippen LogP contribution < -0.4 is 5.73 Å². The number of nitrogens with zero attached hydrogens (tertiary/aromatic N) is 2. The van der Waals surface area contributed by atoms with Gasteiger partial charge < -0.3 is 15.5 Å². The predicted molar refractivity (Wildman–Crippen MR) is 77.4 cm³/mol. The van der Waals surface area contributed by atoms with E-state index in [1.807, 2.05) is 12.1 Å². The molecule has 100 valence electrons. The van der Waals surface area contributed by atoms with Gasteiger partial charge in [-0.15, -0.1) is 0 Å². The topological polar surface area (TPSA) is 32.5 Å². The molecule has 0 aromatic heterocycles. The summed E-state index contributed by atoms with van der Waals surface area (Å²) >= 11 is 0. The molecule has 1 fully saturated rings. The van der Waals surface area contributed by atoms with Crippen molar-refractivity contribution in [2.75, 3.05) is 39.5 Å². The fraction of sp³-hybridized carbons (Fsp3) is 0.600. The highest BCUT2D eigenvalue weighted by Gasteiger charge is 2.18. The molecule has 1 aliphatic heterocycles. The Kier molecular flexibility index (Phi) is 4.61. The summed E-state index contributed by atoms with van der Waals surface area (Å²) in [7, 11) is 4.41. The van der Waals surface area contributed by atoms with Crippen LogP contribution in [0, 0.1) is 5.92 Å². The number of benzene rings is 1. The molecular weight excluding hydrogens is 222 g/mol. The summed E-state index contributed by atoms with van der Waals surface area (Å²) in [6.45, 7) is 4.62. The molecule has 18 heavy (non-hydrogen) atoms. The molecule has 0 unspecified atom stereocenters. The molecule has 1 saturated heterocycles. The molecule has 3 nitrogen and oxygen atoms in total. The lowest BCUT2D eigenvalue weighted by Gasteiger charge is -2.31. The fourth-order valence-corrected chi connectivity index (χ4v) is 2.72. The maximum atomic E-state index is 5.99. The van der Waals surface area contributed by atoms with Crippen LogP contribution in [0.25, 0.3) is 0 Å². The van der Waals surface area contributed by atoms with Crippen LogP contribution >= 0.6 is 0 Å². The van der Waals surface area contributed by atoms with Crippen LogP contribution in [0.15, 0.2) is 24.3 Å². The smallest absolute Gasteiger partial charge is 0.0359 e. The normalized spacial score (nSPS) is 18.4. The van der Waals surface area contributed by atoms with Crippen molar-refractivity contribution in [3.05, 3.63) is 29.8 Å². The second-order valence-corrected chi connectivity index (χ2v) is 5.64. The highest BCUT2D eigenvalue weighted by atomic mass is 15.1. The van der Waals surface area contributed by atoms with Crippen LogP contribution in [-0.4, -0.2) is 43.5 Å². The molecule has 1 aliphatic rings. The molecule has 1 aromatic carbocycles. The minimum absolute atomic E-state index is 0.844. The maximum absolute atomic E-state index is 5.99. The van der Waals surface area contributed by atoms with Gasteiger partial charge in [0.1, 0.15) is 0 Å². The van der Waals surface area contributed by atoms with Crippen molar-refractivity contribution in [3.8, 4) is 0 Å². The number of para-hydroxylation sites is 1. The van der Waals surface area contributed by atoms with E-state index < -0.39 is 0 Å². The lowest BCUT2D eigenvalue weighted by Crippen LogP contribution is -2.35. The fourth-order valence-electron chi connectivity index (χ4n) is 2.72. The van der Waals surface area contributed by atoms with Gasteiger partial charge in [0, 0.05) is 18.8 Å². The van der Waals surface area contributed by atoms with Gasteiger partial charge in [-0.25, -0.2) is 0 Å². The van der Waals surface area contributed by atoms with Crippen LogP contribution in [-0.2, 0) is 6.54 Å². The van der Waals surface area contributed by atoms with Gasteiger partial charge in [-0.1, -0.05) is 18.2 Å². The Balaban J connectivity index is 1.82. The van der Waals surface area contributed by atoms with Crippen molar-refractivity contribution < 1.29 is 0 Å². The standard InChI is InChI=1S/C15H25N3/c1-17-9-7-13(8-10-17)11-18(2)12-14-5-3-4-6-15(14)16/h3-6,13H,7-12,16H2,1-2H3. The lowest BCUT2D eigenvalue weighted by molar-refractivity contribution is 0.173. The van der Waals surface area contributed by atoms with Gasteiger partial charge in [0.15, 0.2) is 0 Å². The SMILES string of the molecule is CN1CCC(CN(C)Cc2ccccc2N)CC1. The first kappa shape index (κ1) is 13.4. The highest BCUT2D eigenvalue weighted by Crippen LogP contribution is 2.19. The molecule has 1 aromatic rings. The Morgan fingerprint density at radius 1 is 1.28 bits per heavy atom. The van der Waals surface area contributed by atoms with Crippen molar-refractivity contribution in [3.63, 3.8) is 0 Å². The highest BCUT2D eigenvalue weighted by molar-refractivity contribution is 5.46. The monoisotopic (exact) mass is 247 g/mol. The third-order valence-corrected chi connectivity index (χ3v) is 3.90. The van der Waals surface area contributed by atoms with E-state index in [9.17, 15) is 0 Å². The lowest BCUT2D eigenvalue weighted by atomic mass is 9.96. The Bertz CT molecular complexity index is 370. The van der Waals surface area contributed by atoms with E-state index in [0.29, 0.717) is 0 Å². The quantitative estimate of drug-likeness (QED) is 0.827. The number of hydrogen-bond donors (Lipinski definition) is 1. The molecule has 0 saturated carbocycles. The zero-order valence-corrected chi connectivity index (χ0v) is 11.6. The first-order valence-electron chi connectivity index (χ1n) is 6.85. The van der Waals surface area contributed by atoms with E-state index in [2.05, 4.69) is 36.0 Å². The molecule has 0 atom stereocenters. The summed E-state index contributed by atoms with van der Waals surface area (Å²) in [4.78, 5) is 4.83. The Morgan fingerprint density at radius 2 is 1.94 bits per heavy atom. The molecular formula is C15H25N3. The predicted octanol–water partition coefficient (Wildman–Crippen LogP) is 2.04. The van der Waals surface area contributed by atoms with Crippen LogP contribution in [0.5, 0.6) is 0 Å². The summed E-state index contributed by atoms with van der Waals surface area (Å²) in [6, 6.07) is 8.17. The molecule has 3 heteroatoms. The van der Waals surface area contributed by atoms with E-state index in [4.69, 9.17) is 5.73 Å². The molecule has 1 heterocycles. The average Bonchev–Trinajstić information content (AvgIpc) is 2.35. The van der Waals surface area contributed by atoms with Crippen LogP contribution in [0.3, 0.4) is 0 Å². The summed E-state index contributed by atoms with van der Waals surface area (Å²) in [6.07, 6.45) is 2.65. The van der Waals surface area contributed by atoms with E-state index in [0.717, 1.165) is 18.2 Å². The second-order valence-electron chi connectivity index (χ2n) is 5.64. The maximum Gasteiger partial charge on any atom is 0.0359 e. The van der Waals surface area contributed by atoms with Gasteiger partial charge >= 0.3 is 0 Å². The van der Waals surface area contributed by atoms with Gasteiger partial charge in [-0.3, -0.25) is 0 Å². The first-order chi connectivity index (χ1) is 8.65. The van der Waals surface area contributed by atoms with Crippen LogP contribution in [0.4, 0.5) is 5.69 Å². The molecule has 0 spiro atoms. The number of anilines is 1. The van der Waals surface area contributed by atoms with Crippen LogP contribution in [0.1, 0.15) is 18.4 Å². The van der Waals surface area contributed by atoms with Gasteiger partial charge in [0.2, 0.25) is 0 Å². The number of rotatable bonds is 4. The zero-order valence-electron chi connectivity index (χ0n) is 11.6. The molecule has 0 aliphatic carbocycles. The van der Waals surface area contributed by atoms with Crippen molar-refractivity contribution in [2.45, 2.75) is 19.4 Å². The number of hydrogen-bond acceptors (Lipinski definition) is 3. The Hall–Kier alpha value is -1.06. The summed E-state index contributed by atoms with van der Waals surface area (Å²) < 4.78 is 0. The molecule has 0 bridgehead atoms. The number of piperidine rings is 1. The summed E-state index contributed by atoms with van der Waals surface area (Å²) in [5, 5.41) is 0. The molecule has 0 amide bonds. The Morgan fingerprint density at radius 3 is 2.61 bits per heavy atom. The third-order valence-electron chi connectivity index (χ3n) is 3.90. The number of nitrogen functional groups attached to an aromatic ring is 1. The van der Waals surface area contributed by atoms with Crippen molar-refractivity contribution in [2.24, 2.45) is 5.92 Å². The molecule has 2 N–H and O–H groups in total. The second kappa shape index (κ2) is 6.21. The van der Waals surface area contributed by atoms with Gasteiger partial charge in [0.05, 0.1) is 0 Å². The van der Waals surface area contributed by atoms with E-state index in [1.54, 1.807) is 0 Å². The van der Waals surface area contributed by atoms with Gasteiger partial charge in [-0.2, -0.15) is 0 Å². The van der Waals surface area contributed by atoms with Crippen molar-refractivity contribution in [1.82, 2.24) is 9.80 Å². The first-order valence-corrected chi connectivity index (χ1v) is 6.85. The summed E-state index contributed by atoms with van der Waals surface area (Å²) in [5.41, 5.74) is 8.14. The van der Waals surface area contributed by atoms with E-state index >= 15 is 0 Å². The van der Waals surface area contributed by atoms with Gasteiger partial charge in [0.25, 0.3) is 0 Å². The number of nitrogens with two attached hydrogens (primary N) is 1. The van der Waals surface area contributed by atoms with Gasteiger partial charge in [-0.05, 0) is 57.6 Å². The van der Waals surface area contributed by atoms with E-state index in [-0.39, 0.29) is 0 Å². The Labute approximate surface area is 111 Å². The zero-order chi connectivity index (χ0) is 13.0.